The molecule has 0 bridgehead atoms. The van der Waals surface area contributed by atoms with E-state index in [0.29, 0.717) is 18.3 Å². The Bertz CT molecular complexity index is 638. The summed E-state index contributed by atoms with van der Waals surface area (Å²) in [6.07, 6.45) is 10.0. The Labute approximate surface area is 169 Å². The van der Waals surface area contributed by atoms with Crippen molar-refractivity contribution in [3.63, 3.8) is 0 Å². The maximum atomic E-state index is 12.5. The number of carbonyl (C=O) groups excluding carboxylic acids is 2. The second-order valence-electron chi connectivity index (χ2n) is 8.60. The highest BCUT2D eigenvalue weighted by atomic mass is 16.2. The zero-order valence-electron chi connectivity index (χ0n) is 17.2. The first-order valence-electron chi connectivity index (χ1n) is 11.0. The molecule has 1 aliphatic heterocycles. The quantitative estimate of drug-likeness (QED) is 0.744. The second kappa shape index (κ2) is 10.5. The molecular formula is C23H35N3O2. The van der Waals surface area contributed by atoms with E-state index in [2.05, 4.69) is 10.6 Å². The van der Waals surface area contributed by atoms with Crippen LogP contribution in [0.4, 0.5) is 10.5 Å². The first-order valence-corrected chi connectivity index (χ1v) is 11.0. The number of nitrogens with zero attached hydrogens (tertiary/aromatic N) is 1. The molecule has 0 radical (unpaired) electrons. The van der Waals surface area contributed by atoms with E-state index in [1.54, 1.807) is 0 Å². The summed E-state index contributed by atoms with van der Waals surface area (Å²) in [5.74, 6) is 1.26. The minimum absolute atomic E-state index is 0.0321. The third-order valence-corrected chi connectivity index (χ3v) is 6.20. The topological polar surface area (TPSA) is 61.4 Å². The van der Waals surface area contributed by atoms with E-state index in [4.69, 9.17) is 0 Å². The molecule has 0 spiro atoms. The van der Waals surface area contributed by atoms with Gasteiger partial charge in [-0.2, -0.15) is 0 Å². The summed E-state index contributed by atoms with van der Waals surface area (Å²) in [4.78, 5) is 26.7. The smallest absolute Gasteiger partial charge is 0.321 e. The number of piperidine rings is 1. The molecule has 0 aromatic heterocycles. The summed E-state index contributed by atoms with van der Waals surface area (Å²) in [7, 11) is 0. The van der Waals surface area contributed by atoms with Crippen molar-refractivity contribution in [3.8, 4) is 0 Å². The van der Waals surface area contributed by atoms with E-state index in [1.807, 2.05) is 36.1 Å². The van der Waals surface area contributed by atoms with Gasteiger partial charge in [0.1, 0.15) is 0 Å². The van der Waals surface area contributed by atoms with Crippen LogP contribution < -0.4 is 10.6 Å². The molecule has 28 heavy (non-hydrogen) atoms. The van der Waals surface area contributed by atoms with Gasteiger partial charge in [0.2, 0.25) is 5.91 Å². The van der Waals surface area contributed by atoms with Gasteiger partial charge in [-0.1, -0.05) is 37.0 Å². The van der Waals surface area contributed by atoms with Crippen molar-refractivity contribution >= 4 is 17.6 Å². The van der Waals surface area contributed by atoms with Gasteiger partial charge in [-0.05, 0) is 63.0 Å². The van der Waals surface area contributed by atoms with Crippen LogP contribution in [0.3, 0.4) is 0 Å². The van der Waals surface area contributed by atoms with Gasteiger partial charge in [-0.25, -0.2) is 4.79 Å². The highest BCUT2D eigenvalue weighted by Gasteiger charge is 2.24. The van der Waals surface area contributed by atoms with Crippen molar-refractivity contribution in [1.29, 1.82) is 0 Å². The van der Waals surface area contributed by atoms with Crippen LogP contribution in [0.1, 0.15) is 63.4 Å². The lowest BCUT2D eigenvalue weighted by Gasteiger charge is -2.32. The molecule has 1 aromatic rings. The summed E-state index contributed by atoms with van der Waals surface area (Å²) < 4.78 is 0. The highest BCUT2D eigenvalue weighted by Crippen LogP contribution is 2.24. The number of benzene rings is 1. The van der Waals surface area contributed by atoms with Crippen LogP contribution >= 0.6 is 0 Å². The number of amides is 3. The largest absolute Gasteiger partial charge is 0.356 e. The molecule has 1 atom stereocenters. The SMILES string of the molecule is Cc1ccc(NC(=O)N2CCC[C@H](CCC(=O)NCC3CCCCC3)C2)cc1. The van der Waals surface area contributed by atoms with Crippen molar-refractivity contribution in [2.75, 3.05) is 25.0 Å². The molecule has 3 amide bonds. The standard InChI is InChI=1S/C23H35N3O2/c1-18-9-12-21(13-10-18)25-23(28)26-15-5-8-20(17-26)11-14-22(27)24-16-19-6-3-2-4-7-19/h9-10,12-13,19-20H,2-8,11,14-17H2,1H3,(H,24,27)(H,25,28)/t20-/m1/s1. The molecule has 2 fully saturated rings. The number of anilines is 1. The zero-order valence-corrected chi connectivity index (χ0v) is 17.2. The lowest BCUT2D eigenvalue weighted by molar-refractivity contribution is -0.121. The molecule has 154 valence electrons. The molecule has 1 saturated carbocycles. The predicted molar refractivity (Wildman–Crippen MR) is 113 cm³/mol. The lowest BCUT2D eigenvalue weighted by atomic mass is 9.89. The van der Waals surface area contributed by atoms with Crippen LogP contribution in [0, 0.1) is 18.8 Å². The summed E-state index contributed by atoms with van der Waals surface area (Å²) in [5.41, 5.74) is 2.01. The number of nitrogens with one attached hydrogen (secondary N) is 2. The number of rotatable bonds is 6. The molecule has 2 aliphatic rings. The normalized spacial score (nSPS) is 20.6. The summed E-state index contributed by atoms with van der Waals surface area (Å²) >= 11 is 0. The zero-order chi connectivity index (χ0) is 19.8. The predicted octanol–water partition coefficient (Wildman–Crippen LogP) is 4.72. The van der Waals surface area contributed by atoms with E-state index in [-0.39, 0.29) is 11.9 Å². The number of hydrogen-bond donors (Lipinski definition) is 2. The van der Waals surface area contributed by atoms with Crippen LogP contribution in [0.15, 0.2) is 24.3 Å². The van der Waals surface area contributed by atoms with Crippen molar-refractivity contribution in [2.24, 2.45) is 11.8 Å². The minimum atomic E-state index is -0.0321. The summed E-state index contributed by atoms with van der Waals surface area (Å²) in [5, 5.41) is 6.12. The molecule has 1 aliphatic carbocycles. The Morgan fingerprint density at radius 1 is 1.00 bits per heavy atom. The average Bonchev–Trinajstić information content (AvgIpc) is 2.73. The van der Waals surface area contributed by atoms with E-state index in [9.17, 15) is 9.59 Å². The second-order valence-corrected chi connectivity index (χ2v) is 8.60. The fourth-order valence-corrected chi connectivity index (χ4v) is 4.40. The van der Waals surface area contributed by atoms with Gasteiger partial charge in [0.05, 0.1) is 0 Å². The third-order valence-electron chi connectivity index (χ3n) is 6.20. The van der Waals surface area contributed by atoms with Gasteiger partial charge < -0.3 is 15.5 Å². The molecule has 2 N–H and O–H groups in total. The Morgan fingerprint density at radius 2 is 1.71 bits per heavy atom. The van der Waals surface area contributed by atoms with E-state index in [1.165, 1.54) is 37.7 Å². The first-order chi connectivity index (χ1) is 13.6. The molecule has 1 saturated heterocycles. The van der Waals surface area contributed by atoms with Gasteiger partial charge in [0.15, 0.2) is 0 Å². The molecule has 0 unspecified atom stereocenters. The molecule has 5 nitrogen and oxygen atoms in total. The lowest BCUT2D eigenvalue weighted by Crippen LogP contribution is -2.42. The highest BCUT2D eigenvalue weighted by molar-refractivity contribution is 5.89. The van der Waals surface area contributed by atoms with Crippen LogP contribution in [0.5, 0.6) is 0 Å². The Morgan fingerprint density at radius 3 is 2.46 bits per heavy atom. The summed E-state index contributed by atoms with van der Waals surface area (Å²) in [6, 6.07) is 7.84. The first kappa shape index (κ1) is 20.7. The van der Waals surface area contributed by atoms with Crippen molar-refractivity contribution in [2.45, 2.75) is 64.7 Å². The number of carbonyl (C=O) groups is 2. The Balaban J connectivity index is 1.37. The number of urea groups is 1. The van der Waals surface area contributed by atoms with Crippen molar-refractivity contribution < 1.29 is 9.59 Å². The van der Waals surface area contributed by atoms with Crippen LogP contribution in [-0.4, -0.2) is 36.5 Å². The monoisotopic (exact) mass is 385 g/mol. The van der Waals surface area contributed by atoms with Gasteiger partial charge in [0.25, 0.3) is 0 Å². The van der Waals surface area contributed by atoms with Crippen LogP contribution in [-0.2, 0) is 4.79 Å². The van der Waals surface area contributed by atoms with Crippen LogP contribution in [0.25, 0.3) is 0 Å². The fraction of sp³-hybridized carbons (Fsp3) is 0.652. The number of likely N-dealkylation sites (tertiary alicyclic amines) is 1. The Kier molecular flexibility index (Phi) is 7.75. The van der Waals surface area contributed by atoms with Crippen LogP contribution in [0.2, 0.25) is 0 Å². The van der Waals surface area contributed by atoms with Crippen molar-refractivity contribution in [3.05, 3.63) is 29.8 Å². The maximum absolute atomic E-state index is 12.5. The fourth-order valence-electron chi connectivity index (χ4n) is 4.40. The molecular weight excluding hydrogens is 350 g/mol. The maximum Gasteiger partial charge on any atom is 0.321 e. The van der Waals surface area contributed by atoms with Gasteiger partial charge in [-0.15, -0.1) is 0 Å². The van der Waals surface area contributed by atoms with Gasteiger partial charge >= 0.3 is 6.03 Å². The number of hydrogen-bond acceptors (Lipinski definition) is 2. The van der Waals surface area contributed by atoms with Gasteiger partial charge in [0, 0.05) is 31.7 Å². The van der Waals surface area contributed by atoms with E-state index in [0.717, 1.165) is 44.6 Å². The van der Waals surface area contributed by atoms with E-state index >= 15 is 0 Å². The molecule has 1 heterocycles. The molecule has 3 rings (SSSR count). The van der Waals surface area contributed by atoms with E-state index < -0.39 is 0 Å². The third kappa shape index (κ3) is 6.54. The Hall–Kier alpha value is -2.04. The average molecular weight is 386 g/mol. The minimum Gasteiger partial charge on any atom is -0.356 e. The molecule has 5 heteroatoms. The van der Waals surface area contributed by atoms with Gasteiger partial charge in [-0.3, -0.25) is 4.79 Å². The number of aryl methyl sites for hydroxylation is 1. The van der Waals surface area contributed by atoms with Crippen molar-refractivity contribution in [1.82, 2.24) is 10.2 Å². The molecule has 1 aromatic carbocycles. The summed E-state index contributed by atoms with van der Waals surface area (Å²) in [6.45, 7) is 4.41.